The molecular formula is C8H9F3O2. The van der Waals surface area contributed by atoms with Crippen molar-refractivity contribution in [3.63, 3.8) is 0 Å². The van der Waals surface area contributed by atoms with E-state index in [4.69, 9.17) is 0 Å². The van der Waals surface area contributed by atoms with Gasteiger partial charge in [0.1, 0.15) is 6.29 Å². The predicted molar refractivity (Wildman–Crippen MR) is 40.7 cm³/mol. The molecule has 0 atom stereocenters. The van der Waals surface area contributed by atoms with Crippen LogP contribution in [-0.2, 0) is 9.53 Å². The molecule has 0 fully saturated rings. The van der Waals surface area contributed by atoms with Crippen LogP contribution in [0.4, 0.5) is 13.2 Å². The molecule has 0 radical (unpaired) electrons. The van der Waals surface area contributed by atoms with Gasteiger partial charge in [-0.1, -0.05) is 13.2 Å². The molecule has 0 rings (SSSR count). The molecule has 0 aromatic heterocycles. The van der Waals surface area contributed by atoms with Gasteiger partial charge in [0, 0.05) is 6.42 Å². The summed E-state index contributed by atoms with van der Waals surface area (Å²) in [5.41, 5.74) is 0.215. The van der Waals surface area contributed by atoms with Gasteiger partial charge in [-0.15, -0.1) is 13.2 Å². The molecule has 0 amide bonds. The molecule has 0 N–H and O–H groups in total. The van der Waals surface area contributed by atoms with Crippen molar-refractivity contribution in [3.8, 4) is 0 Å². The molecular weight excluding hydrogens is 185 g/mol. The molecule has 0 saturated heterocycles. The molecule has 0 aromatic carbocycles. The molecule has 0 spiro atoms. The van der Waals surface area contributed by atoms with Crippen molar-refractivity contribution < 1.29 is 22.7 Å². The maximum absolute atomic E-state index is 11.5. The smallest absolute Gasteiger partial charge is 0.411 e. The number of carbonyl (C=O) groups excluding carboxylic acids is 1. The van der Waals surface area contributed by atoms with Crippen LogP contribution in [-0.4, -0.2) is 12.6 Å². The number of allylic oxidation sites excluding steroid dienone is 2. The number of rotatable bonds is 5. The standard InChI is InChI=1S/C8H9F3O2/c1-6(5-12)3-4-7(2)13-8(9,10)11/h5H,1-4H2. The third kappa shape index (κ3) is 7.11. The van der Waals surface area contributed by atoms with Gasteiger partial charge in [-0.3, -0.25) is 4.79 Å². The van der Waals surface area contributed by atoms with E-state index in [0.29, 0.717) is 6.29 Å². The fourth-order valence-electron chi connectivity index (χ4n) is 0.574. The molecule has 0 aliphatic carbocycles. The monoisotopic (exact) mass is 194 g/mol. The summed E-state index contributed by atoms with van der Waals surface area (Å²) in [5, 5.41) is 0. The van der Waals surface area contributed by atoms with Gasteiger partial charge in [0.05, 0.1) is 5.76 Å². The van der Waals surface area contributed by atoms with E-state index in [1.165, 1.54) is 0 Å². The molecule has 0 unspecified atom stereocenters. The number of halogens is 3. The minimum absolute atomic E-state index is 0.0584. The van der Waals surface area contributed by atoms with Crippen LogP contribution in [0.3, 0.4) is 0 Å². The summed E-state index contributed by atoms with van der Waals surface area (Å²) in [7, 11) is 0. The largest absolute Gasteiger partial charge is 0.572 e. The zero-order chi connectivity index (χ0) is 10.5. The molecule has 0 bridgehead atoms. The first-order valence-corrected chi connectivity index (χ1v) is 3.41. The summed E-state index contributed by atoms with van der Waals surface area (Å²) in [6.45, 7) is 6.34. The first kappa shape index (κ1) is 11.7. The van der Waals surface area contributed by atoms with Gasteiger partial charge < -0.3 is 4.74 Å². The quantitative estimate of drug-likeness (QED) is 0.382. The summed E-state index contributed by atoms with van der Waals surface area (Å²) in [6, 6.07) is 0. The summed E-state index contributed by atoms with van der Waals surface area (Å²) in [4.78, 5) is 10.0. The Balaban J connectivity index is 3.77. The Kier molecular flexibility index (Phi) is 4.23. The van der Waals surface area contributed by atoms with Gasteiger partial charge in [0.25, 0.3) is 0 Å². The summed E-state index contributed by atoms with van der Waals surface area (Å²) < 4.78 is 38.1. The van der Waals surface area contributed by atoms with Crippen molar-refractivity contribution >= 4 is 6.29 Å². The predicted octanol–water partition coefficient (Wildman–Crippen LogP) is 2.57. The van der Waals surface area contributed by atoms with E-state index < -0.39 is 12.1 Å². The molecule has 0 aromatic rings. The highest BCUT2D eigenvalue weighted by Crippen LogP contribution is 2.22. The lowest BCUT2D eigenvalue weighted by atomic mass is 10.2. The van der Waals surface area contributed by atoms with Crippen molar-refractivity contribution in [2.45, 2.75) is 19.2 Å². The minimum Gasteiger partial charge on any atom is -0.411 e. The zero-order valence-electron chi connectivity index (χ0n) is 6.86. The number of ether oxygens (including phenoxy) is 1. The maximum atomic E-state index is 11.5. The van der Waals surface area contributed by atoms with Crippen molar-refractivity contribution in [2.75, 3.05) is 0 Å². The summed E-state index contributed by atoms with van der Waals surface area (Å²) in [6.07, 6.45) is -4.16. The zero-order valence-corrected chi connectivity index (χ0v) is 6.86. The molecule has 5 heteroatoms. The highest BCUT2D eigenvalue weighted by molar-refractivity contribution is 5.71. The maximum Gasteiger partial charge on any atom is 0.572 e. The van der Waals surface area contributed by atoms with Gasteiger partial charge in [-0.05, 0) is 12.0 Å². The molecule has 0 aliphatic rings. The van der Waals surface area contributed by atoms with Gasteiger partial charge >= 0.3 is 6.36 Å². The second-order valence-electron chi connectivity index (χ2n) is 2.36. The van der Waals surface area contributed by atoms with Crippen LogP contribution >= 0.6 is 0 Å². The van der Waals surface area contributed by atoms with Gasteiger partial charge in [0.2, 0.25) is 0 Å². The Hall–Kier alpha value is -1.26. The molecule has 2 nitrogen and oxygen atoms in total. The van der Waals surface area contributed by atoms with E-state index in [0.717, 1.165) is 0 Å². The van der Waals surface area contributed by atoms with Gasteiger partial charge in [-0.2, -0.15) is 0 Å². The number of carbonyl (C=O) groups is 1. The van der Waals surface area contributed by atoms with E-state index in [1.54, 1.807) is 0 Å². The second kappa shape index (κ2) is 4.69. The van der Waals surface area contributed by atoms with E-state index in [1.807, 2.05) is 0 Å². The lowest BCUT2D eigenvalue weighted by Crippen LogP contribution is -2.12. The highest BCUT2D eigenvalue weighted by atomic mass is 19.4. The molecule has 0 heterocycles. The Morgan fingerprint density at radius 2 is 1.85 bits per heavy atom. The Labute approximate surface area is 73.7 Å². The van der Waals surface area contributed by atoms with Gasteiger partial charge in [0.15, 0.2) is 0 Å². The summed E-state index contributed by atoms with van der Waals surface area (Å²) in [5.74, 6) is -0.421. The summed E-state index contributed by atoms with van der Waals surface area (Å²) >= 11 is 0. The van der Waals surface area contributed by atoms with Crippen LogP contribution < -0.4 is 0 Å². The highest BCUT2D eigenvalue weighted by Gasteiger charge is 2.31. The van der Waals surface area contributed by atoms with E-state index in [-0.39, 0.29) is 18.4 Å². The molecule has 74 valence electrons. The van der Waals surface area contributed by atoms with Crippen LogP contribution in [0, 0.1) is 0 Å². The molecule has 0 saturated carbocycles. The van der Waals surface area contributed by atoms with Crippen molar-refractivity contribution in [1.29, 1.82) is 0 Å². The third-order valence-electron chi connectivity index (χ3n) is 1.15. The molecule has 13 heavy (non-hydrogen) atoms. The van der Waals surface area contributed by atoms with Gasteiger partial charge in [-0.25, -0.2) is 0 Å². The van der Waals surface area contributed by atoms with E-state index in [2.05, 4.69) is 17.9 Å². The number of hydrogen-bond donors (Lipinski definition) is 0. The van der Waals surface area contributed by atoms with Crippen LogP contribution in [0.2, 0.25) is 0 Å². The first-order valence-electron chi connectivity index (χ1n) is 3.41. The molecule has 0 aliphatic heterocycles. The number of hydrogen-bond acceptors (Lipinski definition) is 2. The normalized spacial score (nSPS) is 10.7. The van der Waals surface area contributed by atoms with Crippen molar-refractivity contribution in [3.05, 3.63) is 24.5 Å². The number of alkyl halides is 3. The second-order valence-corrected chi connectivity index (χ2v) is 2.36. The fraction of sp³-hybridized carbons (Fsp3) is 0.375. The topological polar surface area (TPSA) is 26.3 Å². The Bertz CT molecular complexity index is 218. The average Bonchev–Trinajstić information content (AvgIpc) is 1.97. The Morgan fingerprint density at radius 3 is 2.23 bits per heavy atom. The minimum atomic E-state index is -4.71. The number of aldehydes is 1. The van der Waals surface area contributed by atoms with E-state index >= 15 is 0 Å². The van der Waals surface area contributed by atoms with Crippen LogP contribution in [0.1, 0.15) is 12.8 Å². The lowest BCUT2D eigenvalue weighted by Gasteiger charge is -2.10. The van der Waals surface area contributed by atoms with E-state index in [9.17, 15) is 18.0 Å². The lowest BCUT2D eigenvalue weighted by molar-refractivity contribution is -0.306. The van der Waals surface area contributed by atoms with Crippen molar-refractivity contribution in [2.24, 2.45) is 0 Å². The van der Waals surface area contributed by atoms with Crippen LogP contribution in [0.15, 0.2) is 24.5 Å². The fourth-order valence-corrected chi connectivity index (χ4v) is 0.574. The van der Waals surface area contributed by atoms with Crippen LogP contribution in [0.5, 0.6) is 0 Å². The van der Waals surface area contributed by atoms with Crippen molar-refractivity contribution in [1.82, 2.24) is 0 Å². The van der Waals surface area contributed by atoms with Crippen LogP contribution in [0.25, 0.3) is 0 Å². The SMILES string of the molecule is C=C(C=O)CCC(=C)OC(F)(F)F. The third-order valence-corrected chi connectivity index (χ3v) is 1.15. The first-order chi connectivity index (χ1) is 5.85. The Morgan fingerprint density at radius 1 is 1.31 bits per heavy atom. The average molecular weight is 194 g/mol.